The van der Waals surface area contributed by atoms with Crippen molar-refractivity contribution < 1.29 is 14.7 Å². The number of carbonyl (C=O) groups is 2. The summed E-state index contributed by atoms with van der Waals surface area (Å²) < 4.78 is 0. The van der Waals surface area contributed by atoms with Crippen LogP contribution in [0.5, 0.6) is 0 Å². The Morgan fingerprint density at radius 2 is 1.73 bits per heavy atom. The van der Waals surface area contributed by atoms with Gasteiger partial charge in [0.2, 0.25) is 5.91 Å². The summed E-state index contributed by atoms with van der Waals surface area (Å²) >= 11 is 0. The standard InChI is InChI=1S/C21H30N2O3/c1-16-7-11-21(12-8-16,20(25)26)22-19(24)18-9-13-23(14-10-18)15-17-5-3-2-4-6-17/h2-6,16,18H,7-15H2,1H3,(H,22,24)(H,25,26). The van der Waals surface area contributed by atoms with Gasteiger partial charge in [-0.15, -0.1) is 0 Å². The third-order valence-electron chi connectivity index (χ3n) is 6.11. The minimum absolute atomic E-state index is 0.0682. The number of piperidine rings is 1. The maximum atomic E-state index is 12.7. The topological polar surface area (TPSA) is 69.6 Å². The molecule has 0 atom stereocenters. The predicted molar refractivity (Wildman–Crippen MR) is 101 cm³/mol. The normalized spacial score (nSPS) is 27.8. The van der Waals surface area contributed by atoms with Crippen molar-refractivity contribution in [2.75, 3.05) is 13.1 Å². The number of aliphatic carboxylic acids is 1. The molecular weight excluding hydrogens is 328 g/mol. The number of rotatable bonds is 5. The summed E-state index contributed by atoms with van der Waals surface area (Å²) in [6.07, 6.45) is 4.41. The van der Waals surface area contributed by atoms with Gasteiger partial charge >= 0.3 is 5.97 Å². The van der Waals surface area contributed by atoms with Crippen LogP contribution in [0.1, 0.15) is 51.0 Å². The van der Waals surface area contributed by atoms with E-state index in [4.69, 9.17) is 0 Å². The van der Waals surface area contributed by atoms with E-state index in [1.165, 1.54) is 5.56 Å². The van der Waals surface area contributed by atoms with E-state index in [1.54, 1.807) is 0 Å². The molecule has 0 unspecified atom stereocenters. The Hall–Kier alpha value is -1.88. The Bertz CT molecular complexity index is 615. The van der Waals surface area contributed by atoms with Crippen molar-refractivity contribution in [1.29, 1.82) is 0 Å². The molecule has 1 aromatic carbocycles. The minimum atomic E-state index is -1.05. The number of benzene rings is 1. The number of carboxylic acids is 1. The summed E-state index contributed by atoms with van der Waals surface area (Å²) in [5.41, 5.74) is 0.238. The van der Waals surface area contributed by atoms with Gasteiger partial charge in [0.05, 0.1) is 0 Å². The Balaban J connectivity index is 1.52. The molecule has 1 saturated carbocycles. The molecule has 2 N–H and O–H groups in total. The van der Waals surface area contributed by atoms with E-state index in [-0.39, 0.29) is 11.8 Å². The van der Waals surface area contributed by atoms with E-state index in [0.717, 1.165) is 45.3 Å². The highest BCUT2D eigenvalue weighted by molar-refractivity contribution is 5.88. The third kappa shape index (κ3) is 4.44. The quantitative estimate of drug-likeness (QED) is 0.849. The molecule has 5 nitrogen and oxygen atoms in total. The molecule has 0 spiro atoms. The van der Waals surface area contributed by atoms with Crippen molar-refractivity contribution >= 4 is 11.9 Å². The summed E-state index contributed by atoms with van der Waals surface area (Å²) in [6, 6.07) is 10.4. The molecule has 142 valence electrons. The third-order valence-corrected chi connectivity index (χ3v) is 6.11. The summed E-state index contributed by atoms with van der Waals surface area (Å²) in [6.45, 7) is 4.82. The second kappa shape index (κ2) is 8.21. The largest absolute Gasteiger partial charge is 0.480 e. The van der Waals surface area contributed by atoms with Crippen molar-refractivity contribution in [3.8, 4) is 0 Å². The van der Waals surface area contributed by atoms with E-state index < -0.39 is 11.5 Å². The molecule has 1 heterocycles. The van der Waals surface area contributed by atoms with Crippen molar-refractivity contribution in [1.82, 2.24) is 10.2 Å². The fourth-order valence-corrected chi connectivity index (χ4v) is 4.18. The van der Waals surface area contributed by atoms with Gasteiger partial charge in [-0.1, -0.05) is 37.3 Å². The number of carbonyl (C=O) groups excluding carboxylic acids is 1. The maximum absolute atomic E-state index is 12.7. The number of likely N-dealkylation sites (tertiary alicyclic amines) is 1. The molecular formula is C21H30N2O3. The fraction of sp³-hybridized carbons (Fsp3) is 0.619. The van der Waals surface area contributed by atoms with Gasteiger partial charge in [0.1, 0.15) is 5.54 Å². The van der Waals surface area contributed by atoms with Crippen molar-refractivity contribution in [3.63, 3.8) is 0 Å². The predicted octanol–water partition coefficient (Wildman–Crippen LogP) is 3.05. The zero-order valence-electron chi connectivity index (χ0n) is 15.6. The first-order valence-corrected chi connectivity index (χ1v) is 9.80. The summed E-state index contributed by atoms with van der Waals surface area (Å²) in [7, 11) is 0. The molecule has 3 rings (SSSR count). The zero-order chi connectivity index (χ0) is 18.6. The zero-order valence-corrected chi connectivity index (χ0v) is 15.6. The molecule has 5 heteroatoms. The van der Waals surface area contributed by atoms with Gasteiger partial charge in [-0.2, -0.15) is 0 Å². The van der Waals surface area contributed by atoms with Gasteiger partial charge in [-0.25, -0.2) is 4.79 Å². The van der Waals surface area contributed by atoms with E-state index >= 15 is 0 Å². The molecule has 1 aliphatic carbocycles. The molecule has 1 amide bonds. The summed E-state index contributed by atoms with van der Waals surface area (Å²) in [5.74, 6) is -0.473. The van der Waals surface area contributed by atoms with Gasteiger partial charge in [0.15, 0.2) is 0 Å². The maximum Gasteiger partial charge on any atom is 0.329 e. The van der Waals surface area contributed by atoms with Gasteiger partial charge in [-0.3, -0.25) is 9.69 Å². The van der Waals surface area contributed by atoms with Gasteiger partial charge in [0, 0.05) is 12.5 Å². The SMILES string of the molecule is CC1CCC(NC(=O)C2CCN(Cc3ccccc3)CC2)(C(=O)O)CC1. The lowest BCUT2D eigenvalue weighted by Gasteiger charge is -2.38. The van der Waals surface area contributed by atoms with E-state index in [9.17, 15) is 14.7 Å². The summed E-state index contributed by atoms with van der Waals surface area (Å²) in [5, 5.41) is 12.6. The second-order valence-corrected chi connectivity index (χ2v) is 8.10. The number of nitrogens with one attached hydrogen (secondary N) is 1. The van der Waals surface area contributed by atoms with E-state index in [0.29, 0.717) is 18.8 Å². The van der Waals surface area contributed by atoms with Crippen LogP contribution in [0, 0.1) is 11.8 Å². The number of hydrogen-bond acceptors (Lipinski definition) is 3. The second-order valence-electron chi connectivity index (χ2n) is 8.10. The van der Waals surface area contributed by atoms with Crippen molar-refractivity contribution in [3.05, 3.63) is 35.9 Å². The number of nitrogens with zero attached hydrogens (tertiary/aromatic N) is 1. The Labute approximate surface area is 155 Å². The Kier molecular flexibility index (Phi) is 5.97. The highest BCUT2D eigenvalue weighted by Crippen LogP contribution is 2.33. The molecule has 1 aliphatic heterocycles. The lowest BCUT2D eigenvalue weighted by molar-refractivity contribution is -0.150. The minimum Gasteiger partial charge on any atom is -0.480 e. The number of carboxylic acid groups (broad SMARTS) is 1. The van der Waals surface area contributed by atoms with Gasteiger partial charge in [-0.05, 0) is 63.1 Å². The smallest absolute Gasteiger partial charge is 0.329 e. The molecule has 1 saturated heterocycles. The average molecular weight is 358 g/mol. The molecule has 0 bridgehead atoms. The van der Waals surface area contributed by atoms with Crippen LogP contribution >= 0.6 is 0 Å². The molecule has 26 heavy (non-hydrogen) atoms. The van der Waals surface area contributed by atoms with Crippen LogP contribution in [0.15, 0.2) is 30.3 Å². The lowest BCUT2D eigenvalue weighted by atomic mass is 9.76. The highest BCUT2D eigenvalue weighted by Gasteiger charge is 2.43. The number of hydrogen-bond donors (Lipinski definition) is 2. The van der Waals surface area contributed by atoms with Crippen LogP contribution < -0.4 is 5.32 Å². The molecule has 0 radical (unpaired) electrons. The Morgan fingerprint density at radius 1 is 1.12 bits per heavy atom. The van der Waals surface area contributed by atoms with E-state index in [2.05, 4.69) is 29.3 Å². The van der Waals surface area contributed by atoms with Crippen LogP contribution in [0.3, 0.4) is 0 Å². The first-order valence-electron chi connectivity index (χ1n) is 9.80. The van der Waals surface area contributed by atoms with E-state index in [1.807, 2.05) is 18.2 Å². The van der Waals surface area contributed by atoms with Crippen molar-refractivity contribution in [2.45, 2.75) is 57.5 Å². The highest BCUT2D eigenvalue weighted by atomic mass is 16.4. The first-order chi connectivity index (χ1) is 12.5. The summed E-state index contributed by atoms with van der Waals surface area (Å²) in [4.78, 5) is 26.9. The van der Waals surface area contributed by atoms with Gasteiger partial charge < -0.3 is 10.4 Å². The fourth-order valence-electron chi connectivity index (χ4n) is 4.18. The Morgan fingerprint density at radius 3 is 2.31 bits per heavy atom. The average Bonchev–Trinajstić information content (AvgIpc) is 2.65. The first kappa shape index (κ1) is 18.9. The molecule has 2 fully saturated rings. The van der Waals surface area contributed by atoms with Crippen LogP contribution in [0.4, 0.5) is 0 Å². The van der Waals surface area contributed by atoms with Crippen LogP contribution in [0.2, 0.25) is 0 Å². The monoisotopic (exact) mass is 358 g/mol. The number of amides is 1. The van der Waals surface area contributed by atoms with Gasteiger partial charge in [0.25, 0.3) is 0 Å². The molecule has 1 aromatic rings. The van der Waals surface area contributed by atoms with Crippen molar-refractivity contribution in [2.24, 2.45) is 11.8 Å². The molecule has 2 aliphatic rings. The molecule has 0 aromatic heterocycles. The van der Waals surface area contributed by atoms with Crippen LogP contribution in [0.25, 0.3) is 0 Å². The van der Waals surface area contributed by atoms with Crippen LogP contribution in [-0.2, 0) is 16.1 Å². The van der Waals surface area contributed by atoms with Crippen LogP contribution in [-0.4, -0.2) is 40.5 Å². The lowest BCUT2D eigenvalue weighted by Crippen LogP contribution is -2.58.